The summed E-state index contributed by atoms with van der Waals surface area (Å²) < 4.78 is 16.9. The third-order valence-electron chi connectivity index (χ3n) is 16.9. The quantitative estimate of drug-likeness (QED) is 0.0343. The van der Waals surface area contributed by atoms with Crippen LogP contribution in [0.5, 0.6) is 0 Å². The summed E-state index contributed by atoms with van der Waals surface area (Å²) in [4.78, 5) is 38.2. The van der Waals surface area contributed by atoms with Crippen molar-refractivity contribution < 1.29 is 28.6 Å². The van der Waals surface area contributed by atoms with E-state index in [1.807, 2.05) is 0 Å². The van der Waals surface area contributed by atoms with E-state index in [1.54, 1.807) is 0 Å². The second kappa shape index (κ2) is 67.9. The minimum Gasteiger partial charge on any atom is -0.462 e. The van der Waals surface area contributed by atoms with Crippen LogP contribution in [0.25, 0.3) is 0 Å². The lowest BCUT2D eigenvalue weighted by Crippen LogP contribution is -2.30. The maximum absolute atomic E-state index is 12.9. The van der Waals surface area contributed by atoms with Crippen LogP contribution in [0, 0.1) is 0 Å². The fraction of sp³-hybridized carbons (Fsp3) is 0.958. The molecule has 0 aliphatic rings. The van der Waals surface area contributed by atoms with E-state index in [4.69, 9.17) is 14.2 Å². The van der Waals surface area contributed by atoms with Crippen LogP contribution in [0.1, 0.15) is 425 Å². The summed E-state index contributed by atoms with van der Waals surface area (Å²) in [6.45, 7) is 6.71. The third kappa shape index (κ3) is 65.2. The topological polar surface area (TPSA) is 78.9 Å². The summed E-state index contributed by atoms with van der Waals surface area (Å²) in [6.07, 6.45) is 80.3. The zero-order chi connectivity index (χ0) is 56.4. The number of unbranched alkanes of at least 4 members (excludes halogenated alkanes) is 57. The number of carbonyl (C=O) groups is 3. The lowest BCUT2D eigenvalue weighted by molar-refractivity contribution is -0.167. The Labute approximate surface area is 488 Å². The van der Waals surface area contributed by atoms with Gasteiger partial charge in [0, 0.05) is 19.3 Å². The van der Waals surface area contributed by atoms with Crippen molar-refractivity contribution in [2.75, 3.05) is 13.2 Å². The number of esters is 3. The van der Waals surface area contributed by atoms with Crippen LogP contribution in [-0.4, -0.2) is 37.2 Å². The first-order chi connectivity index (χ1) is 38.5. The SMILES string of the molecule is CCCCCCCCCCCCCCCCCCCCCCCCCCCCCCCCCCCC(=O)OCC(COC(=O)CCCCCCCCCCC)OC(=O)CCCCCCCCCCCCCCCCCCCC. The standard InChI is InChI=1S/C72H140O6/c1-4-7-10-13-16-19-21-23-25-27-29-30-31-32-33-34-35-36-37-38-39-40-41-42-43-45-46-48-50-53-56-59-62-65-71(74)77-68-69(67-76-70(73)64-61-58-55-52-18-15-12-9-6-3)78-72(75)66-63-60-57-54-51-49-47-44-28-26-24-22-20-17-14-11-8-5-2/h69H,4-68H2,1-3H3. The van der Waals surface area contributed by atoms with Gasteiger partial charge in [-0.1, -0.05) is 387 Å². The molecule has 0 aromatic heterocycles. The molecule has 0 N–H and O–H groups in total. The Morgan fingerprint density at radius 3 is 0.513 bits per heavy atom. The van der Waals surface area contributed by atoms with E-state index in [0.717, 1.165) is 57.8 Å². The van der Waals surface area contributed by atoms with Crippen LogP contribution in [0.3, 0.4) is 0 Å². The predicted octanol–water partition coefficient (Wildman–Crippen LogP) is 24.6. The zero-order valence-corrected chi connectivity index (χ0v) is 53.5. The molecule has 0 radical (unpaired) electrons. The van der Waals surface area contributed by atoms with Gasteiger partial charge in [0.05, 0.1) is 0 Å². The van der Waals surface area contributed by atoms with Gasteiger partial charge < -0.3 is 14.2 Å². The highest BCUT2D eigenvalue weighted by atomic mass is 16.6. The molecule has 6 nitrogen and oxygen atoms in total. The molecule has 0 spiro atoms. The number of ether oxygens (including phenoxy) is 3. The first kappa shape index (κ1) is 76.4. The van der Waals surface area contributed by atoms with Crippen LogP contribution in [0.4, 0.5) is 0 Å². The van der Waals surface area contributed by atoms with E-state index in [9.17, 15) is 14.4 Å². The molecular weight excluding hydrogens is 961 g/mol. The van der Waals surface area contributed by atoms with Crippen LogP contribution in [0.2, 0.25) is 0 Å². The summed E-state index contributed by atoms with van der Waals surface area (Å²) in [7, 11) is 0. The minimum absolute atomic E-state index is 0.0609. The van der Waals surface area contributed by atoms with Gasteiger partial charge in [-0.2, -0.15) is 0 Å². The van der Waals surface area contributed by atoms with Crippen molar-refractivity contribution in [3.05, 3.63) is 0 Å². The van der Waals surface area contributed by atoms with Gasteiger partial charge in [0.25, 0.3) is 0 Å². The summed E-state index contributed by atoms with van der Waals surface area (Å²) in [6, 6.07) is 0. The highest BCUT2D eigenvalue weighted by molar-refractivity contribution is 5.71. The zero-order valence-electron chi connectivity index (χ0n) is 53.5. The smallest absolute Gasteiger partial charge is 0.306 e. The first-order valence-electron chi connectivity index (χ1n) is 36.0. The Morgan fingerprint density at radius 2 is 0.346 bits per heavy atom. The maximum Gasteiger partial charge on any atom is 0.306 e. The maximum atomic E-state index is 12.9. The molecule has 0 aliphatic heterocycles. The van der Waals surface area contributed by atoms with Gasteiger partial charge >= 0.3 is 17.9 Å². The Hall–Kier alpha value is -1.59. The van der Waals surface area contributed by atoms with Gasteiger partial charge in [-0.05, 0) is 19.3 Å². The van der Waals surface area contributed by atoms with E-state index in [0.29, 0.717) is 19.3 Å². The molecule has 0 aromatic carbocycles. The Morgan fingerprint density at radius 1 is 0.205 bits per heavy atom. The van der Waals surface area contributed by atoms with Crippen LogP contribution < -0.4 is 0 Å². The fourth-order valence-electron chi connectivity index (χ4n) is 11.5. The van der Waals surface area contributed by atoms with Crippen molar-refractivity contribution in [1.29, 1.82) is 0 Å². The van der Waals surface area contributed by atoms with Crippen molar-refractivity contribution in [2.45, 2.75) is 431 Å². The Balaban J connectivity index is 3.97. The molecular formula is C72H140O6. The summed E-state index contributed by atoms with van der Waals surface area (Å²) in [5.74, 6) is -0.828. The van der Waals surface area contributed by atoms with Crippen LogP contribution in [0.15, 0.2) is 0 Å². The average molecular weight is 1100 g/mol. The highest BCUT2D eigenvalue weighted by Gasteiger charge is 2.20. The Kier molecular flexibility index (Phi) is 66.5. The molecule has 0 aliphatic carbocycles. The van der Waals surface area contributed by atoms with Crippen molar-refractivity contribution >= 4 is 17.9 Å². The molecule has 0 fully saturated rings. The molecule has 6 heteroatoms. The Bertz CT molecular complexity index is 1170. The average Bonchev–Trinajstić information content (AvgIpc) is 3.44. The van der Waals surface area contributed by atoms with E-state index in [-0.39, 0.29) is 31.1 Å². The summed E-state index contributed by atoms with van der Waals surface area (Å²) in [5, 5.41) is 0. The number of rotatable bonds is 68. The van der Waals surface area contributed by atoms with E-state index in [2.05, 4.69) is 20.8 Å². The van der Waals surface area contributed by atoms with Crippen LogP contribution >= 0.6 is 0 Å². The van der Waals surface area contributed by atoms with Gasteiger partial charge in [0.1, 0.15) is 13.2 Å². The van der Waals surface area contributed by atoms with Gasteiger partial charge in [0.2, 0.25) is 0 Å². The molecule has 0 bridgehead atoms. The fourth-order valence-corrected chi connectivity index (χ4v) is 11.5. The van der Waals surface area contributed by atoms with E-state index < -0.39 is 6.10 Å². The molecule has 0 heterocycles. The molecule has 0 amide bonds. The van der Waals surface area contributed by atoms with Crippen molar-refractivity contribution in [3.63, 3.8) is 0 Å². The van der Waals surface area contributed by atoms with Gasteiger partial charge in [0.15, 0.2) is 6.10 Å². The third-order valence-corrected chi connectivity index (χ3v) is 16.9. The number of carbonyl (C=O) groups excluding carboxylic acids is 3. The molecule has 0 saturated carbocycles. The minimum atomic E-state index is -0.762. The van der Waals surface area contributed by atoms with E-state index >= 15 is 0 Å². The number of hydrogen-bond donors (Lipinski definition) is 0. The van der Waals surface area contributed by atoms with Crippen molar-refractivity contribution in [3.8, 4) is 0 Å². The molecule has 0 aromatic rings. The summed E-state index contributed by atoms with van der Waals surface area (Å²) >= 11 is 0. The monoisotopic (exact) mass is 1100 g/mol. The molecule has 1 atom stereocenters. The van der Waals surface area contributed by atoms with Crippen LogP contribution in [-0.2, 0) is 28.6 Å². The molecule has 78 heavy (non-hydrogen) atoms. The highest BCUT2D eigenvalue weighted by Crippen LogP contribution is 2.20. The predicted molar refractivity (Wildman–Crippen MR) is 340 cm³/mol. The van der Waals surface area contributed by atoms with Crippen molar-refractivity contribution in [1.82, 2.24) is 0 Å². The molecule has 0 saturated heterocycles. The lowest BCUT2D eigenvalue weighted by atomic mass is 10.0. The normalized spacial score (nSPS) is 11.9. The lowest BCUT2D eigenvalue weighted by Gasteiger charge is -2.18. The first-order valence-corrected chi connectivity index (χ1v) is 36.0. The number of hydrogen-bond acceptors (Lipinski definition) is 6. The largest absolute Gasteiger partial charge is 0.462 e. The summed E-state index contributed by atoms with van der Waals surface area (Å²) in [5.41, 5.74) is 0. The second-order valence-electron chi connectivity index (χ2n) is 24.9. The molecule has 1 unspecified atom stereocenters. The molecule has 0 rings (SSSR count). The molecule has 464 valence electrons. The van der Waals surface area contributed by atoms with Gasteiger partial charge in [-0.15, -0.1) is 0 Å². The van der Waals surface area contributed by atoms with Crippen molar-refractivity contribution in [2.24, 2.45) is 0 Å². The van der Waals surface area contributed by atoms with Gasteiger partial charge in [-0.3, -0.25) is 14.4 Å². The second-order valence-corrected chi connectivity index (χ2v) is 24.9. The van der Waals surface area contributed by atoms with Gasteiger partial charge in [-0.25, -0.2) is 0 Å². The van der Waals surface area contributed by atoms with E-state index in [1.165, 1.54) is 327 Å².